The molecule has 0 amide bonds. The normalized spacial score (nSPS) is 10.3. The fourth-order valence-corrected chi connectivity index (χ4v) is 1.51. The van der Waals surface area contributed by atoms with Gasteiger partial charge < -0.3 is 9.73 Å². The Balaban J connectivity index is 2.25. The van der Waals surface area contributed by atoms with Crippen molar-refractivity contribution in [2.75, 3.05) is 11.9 Å². The molecule has 4 nitrogen and oxygen atoms in total. The van der Waals surface area contributed by atoms with Gasteiger partial charge in [0.15, 0.2) is 0 Å². The number of nitrogens with zero attached hydrogens (tertiary/aromatic N) is 2. The van der Waals surface area contributed by atoms with E-state index in [0.29, 0.717) is 11.9 Å². The molecule has 5 heteroatoms. The summed E-state index contributed by atoms with van der Waals surface area (Å²) in [5.41, 5.74) is 0.937. The van der Waals surface area contributed by atoms with Gasteiger partial charge in [0, 0.05) is 15.7 Å². The Bertz CT molecular complexity index is 438. The van der Waals surface area contributed by atoms with Gasteiger partial charge >= 0.3 is 6.01 Å². The third-order valence-electron chi connectivity index (χ3n) is 1.84. The topological polar surface area (TPSA) is 51.0 Å². The first-order chi connectivity index (χ1) is 7.29. The average molecular weight is 315 g/mol. The lowest BCUT2D eigenvalue weighted by Crippen LogP contribution is -1.95. The first kappa shape index (κ1) is 10.4. The Morgan fingerprint density at radius 1 is 1.27 bits per heavy atom. The molecule has 15 heavy (non-hydrogen) atoms. The number of benzene rings is 1. The number of hydrogen-bond donors (Lipinski definition) is 1. The Morgan fingerprint density at radius 3 is 2.67 bits per heavy atom. The number of nitrogens with one attached hydrogen (secondary N) is 1. The molecule has 0 saturated carbocycles. The average Bonchev–Trinajstić information content (AvgIpc) is 2.68. The molecule has 0 unspecified atom stereocenters. The monoisotopic (exact) mass is 315 g/mol. The SMILES string of the molecule is CCNc1nnc(-c2ccc(I)cc2)o1. The lowest BCUT2D eigenvalue weighted by Gasteiger charge is -1.95. The molecule has 1 aromatic carbocycles. The molecular weight excluding hydrogens is 305 g/mol. The van der Waals surface area contributed by atoms with Crippen molar-refractivity contribution in [1.82, 2.24) is 10.2 Å². The van der Waals surface area contributed by atoms with Crippen molar-refractivity contribution in [3.8, 4) is 11.5 Å². The molecule has 1 N–H and O–H groups in total. The second-order valence-electron chi connectivity index (χ2n) is 2.95. The smallest absolute Gasteiger partial charge is 0.315 e. The highest BCUT2D eigenvalue weighted by atomic mass is 127. The number of halogens is 1. The molecule has 2 aromatic rings. The van der Waals surface area contributed by atoms with Crippen LogP contribution in [0.2, 0.25) is 0 Å². The zero-order chi connectivity index (χ0) is 10.7. The summed E-state index contributed by atoms with van der Waals surface area (Å²) in [6, 6.07) is 8.40. The molecule has 1 heterocycles. The van der Waals surface area contributed by atoms with Crippen LogP contribution >= 0.6 is 22.6 Å². The molecule has 0 aliphatic rings. The molecule has 0 fully saturated rings. The summed E-state index contributed by atoms with van der Waals surface area (Å²) < 4.78 is 6.60. The number of anilines is 1. The molecular formula is C10H10IN3O. The largest absolute Gasteiger partial charge is 0.403 e. The maximum Gasteiger partial charge on any atom is 0.315 e. The summed E-state index contributed by atoms with van der Waals surface area (Å²) in [6.45, 7) is 2.75. The molecule has 0 saturated heterocycles. The molecule has 2 rings (SSSR count). The van der Waals surface area contributed by atoms with E-state index in [9.17, 15) is 0 Å². The summed E-state index contributed by atoms with van der Waals surface area (Å²) in [4.78, 5) is 0. The van der Waals surface area contributed by atoms with Gasteiger partial charge in [0.1, 0.15) is 0 Å². The lowest BCUT2D eigenvalue weighted by atomic mass is 10.2. The van der Waals surface area contributed by atoms with Crippen molar-refractivity contribution in [3.05, 3.63) is 27.8 Å². The van der Waals surface area contributed by atoms with E-state index < -0.39 is 0 Å². The van der Waals surface area contributed by atoms with Crippen LogP contribution in [-0.4, -0.2) is 16.7 Å². The number of hydrogen-bond acceptors (Lipinski definition) is 4. The van der Waals surface area contributed by atoms with E-state index in [2.05, 4.69) is 38.1 Å². The van der Waals surface area contributed by atoms with E-state index in [-0.39, 0.29) is 0 Å². The van der Waals surface area contributed by atoms with Gasteiger partial charge in [0.05, 0.1) is 0 Å². The molecule has 0 spiro atoms. The fraction of sp³-hybridized carbons (Fsp3) is 0.200. The van der Waals surface area contributed by atoms with Gasteiger partial charge in [-0.1, -0.05) is 5.10 Å². The maximum atomic E-state index is 5.41. The summed E-state index contributed by atoms with van der Waals surface area (Å²) in [7, 11) is 0. The highest BCUT2D eigenvalue weighted by molar-refractivity contribution is 14.1. The van der Waals surface area contributed by atoms with Crippen LogP contribution in [0.4, 0.5) is 6.01 Å². The zero-order valence-electron chi connectivity index (χ0n) is 8.20. The van der Waals surface area contributed by atoms with Crippen LogP contribution in [0, 0.1) is 3.57 Å². The van der Waals surface area contributed by atoms with Crippen LogP contribution in [0.5, 0.6) is 0 Å². The van der Waals surface area contributed by atoms with Gasteiger partial charge in [-0.05, 0) is 53.8 Å². The molecule has 0 aliphatic heterocycles. The van der Waals surface area contributed by atoms with E-state index in [0.717, 1.165) is 12.1 Å². The molecule has 1 aromatic heterocycles. The van der Waals surface area contributed by atoms with E-state index in [1.54, 1.807) is 0 Å². The third-order valence-corrected chi connectivity index (χ3v) is 2.56. The highest BCUT2D eigenvalue weighted by Crippen LogP contribution is 2.20. The van der Waals surface area contributed by atoms with Crippen LogP contribution in [0.25, 0.3) is 11.5 Å². The molecule has 0 atom stereocenters. The fourth-order valence-electron chi connectivity index (χ4n) is 1.16. The highest BCUT2D eigenvalue weighted by Gasteiger charge is 2.06. The van der Waals surface area contributed by atoms with Gasteiger partial charge in [0.25, 0.3) is 0 Å². The van der Waals surface area contributed by atoms with Crippen LogP contribution < -0.4 is 5.32 Å². The first-order valence-electron chi connectivity index (χ1n) is 4.63. The minimum atomic E-state index is 0.464. The first-order valence-corrected chi connectivity index (χ1v) is 5.71. The van der Waals surface area contributed by atoms with E-state index in [1.807, 2.05) is 31.2 Å². The van der Waals surface area contributed by atoms with Crippen LogP contribution in [0.15, 0.2) is 28.7 Å². The summed E-state index contributed by atoms with van der Waals surface area (Å²) in [5.74, 6) is 0.544. The van der Waals surface area contributed by atoms with Gasteiger partial charge in [-0.2, -0.15) is 0 Å². The van der Waals surface area contributed by atoms with Gasteiger partial charge in [-0.25, -0.2) is 0 Å². The van der Waals surface area contributed by atoms with E-state index in [4.69, 9.17) is 4.42 Å². The summed E-state index contributed by atoms with van der Waals surface area (Å²) >= 11 is 2.26. The summed E-state index contributed by atoms with van der Waals surface area (Å²) in [5, 5.41) is 10.8. The van der Waals surface area contributed by atoms with Crippen molar-refractivity contribution < 1.29 is 4.42 Å². The minimum absolute atomic E-state index is 0.464. The van der Waals surface area contributed by atoms with Crippen LogP contribution in [0.3, 0.4) is 0 Å². The van der Waals surface area contributed by atoms with Gasteiger partial charge in [0.2, 0.25) is 5.89 Å². The van der Waals surface area contributed by atoms with Gasteiger partial charge in [-0.3, -0.25) is 0 Å². The maximum absolute atomic E-state index is 5.41. The van der Waals surface area contributed by atoms with Crippen molar-refractivity contribution in [3.63, 3.8) is 0 Å². The molecule has 0 radical (unpaired) electrons. The molecule has 0 bridgehead atoms. The second kappa shape index (κ2) is 4.61. The molecule has 78 valence electrons. The number of rotatable bonds is 3. The quantitative estimate of drug-likeness (QED) is 0.885. The third kappa shape index (κ3) is 2.47. The van der Waals surface area contributed by atoms with Crippen LogP contribution in [-0.2, 0) is 0 Å². The van der Waals surface area contributed by atoms with Crippen molar-refractivity contribution >= 4 is 28.6 Å². The van der Waals surface area contributed by atoms with Gasteiger partial charge in [-0.15, -0.1) is 5.10 Å². The predicted molar refractivity (Wildman–Crippen MR) is 66.6 cm³/mol. The lowest BCUT2D eigenvalue weighted by molar-refractivity contribution is 0.582. The van der Waals surface area contributed by atoms with Crippen molar-refractivity contribution in [2.45, 2.75) is 6.92 Å². The molecule has 0 aliphatic carbocycles. The second-order valence-corrected chi connectivity index (χ2v) is 4.20. The Labute approximate surface area is 101 Å². The van der Waals surface area contributed by atoms with Crippen LogP contribution in [0.1, 0.15) is 6.92 Å². The van der Waals surface area contributed by atoms with Crippen molar-refractivity contribution in [1.29, 1.82) is 0 Å². The predicted octanol–water partition coefficient (Wildman–Crippen LogP) is 2.77. The Morgan fingerprint density at radius 2 is 2.00 bits per heavy atom. The number of aromatic nitrogens is 2. The van der Waals surface area contributed by atoms with E-state index >= 15 is 0 Å². The van der Waals surface area contributed by atoms with E-state index in [1.165, 1.54) is 3.57 Å². The Kier molecular flexibility index (Phi) is 3.20. The standard InChI is InChI=1S/C10H10IN3O/c1-2-12-10-14-13-9(15-10)7-3-5-8(11)6-4-7/h3-6H,2H2,1H3,(H,12,14). The Hall–Kier alpha value is -1.11. The minimum Gasteiger partial charge on any atom is -0.403 e. The zero-order valence-corrected chi connectivity index (χ0v) is 10.4. The van der Waals surface area contributed by atoms with Crippen molar-refractivity contribution in [2.24, 2.45) is 0 Å². The summed E-state index contributed by atoms with van der Waals surface area (Å²) in [6.07, 6.45) is 0.